The number of sulfonamides is 1. The molecule has 0 spiro atoms. The zero-order chi connectivity index (χ0) is 27.7. The van der Waals surface area contributed by atoms with E-state index in [0.717, 1.165) is 22.1 Å². The lowest BCUT2D eigenvalue weighted by atomic mass is 10.1. The van der Waals surface area contributed by atoms with Crippen molar-refractivity contribution in [3.63, 3.8) is 0 Å². The van der Waals surface area contributed by atoms with Crippen LogP contribution in [0.1, 0.15) is 26.2 Å². The van der Waals surface area contributed by atoms with Crippen molar-refractivity contribution in [2.24, 2.45) is 0 Å². The van der Waals surface area contributed by atoms with Gasteiger partial charge in [-0.25, -0.2) is 18.2 Å². The molecule has 0 bridgehead atoms. The highest BCUT2D eigenvalue weighted by atomic mass is 32.2. The summed E-state index contributed by atoms with van der Waals surface area (Å²) >= 11 is 0. The first kappa shape index (κ1) is 26.5. The molecule has 0 radical (unpaired) electrons. The van der Waals surface area contributed by atoms with Gasteiger partial charge < -0.3 is 20.2 Å². The number of hydrogen-bond acceptors (Lipinski definition) is 8. The SMILES string of the molecule is CCCC(NC(=O)Oc1ccc2ccccc2n1)C(=O)N1CCC2C1C(=O)CN2S(=O)(=O)c1ccc[n+]([O-])c1. The zero-order valence-corrected chi connectivity index (χ0v) is 21.9. The average Bonchev–Trinajstić information content (AvgIpc) is 3.49. The Morgan fingerprint density at radius 2 is 2.00 bits per heavy atom. The van der Waals surface area contributed by atoms with Crippen molar-refractivity contribution in [2.75, 3.05) is 13.1 Å². The first-order valence-corrected chi connectivity index (χ1v) is 14.0. The number of amides is 2. The molecule has 4 heterocycles. The third-order valence-corrected chi connectivity index (χ3v) is 8.81. The molecule has 2 fully saturated rings. The Morgan fingerprint density at radius 3 is 2.77 bits per heavy atom. The summed E-state index contributed by atoms with van der Waals surface area (Å²) in [5, 5.41) is 15.1. The fourth-order valence-electron chi connectivity index (χ4n) is 5.18. The maximum absolute atomic E-state index is 13.5. The van der Waals surface area contributed by atoms with Crippen molar-refractivity contribution < 1.29 is 32.3 Å². The molecule has 12 nitrogen and oxygen atoms in total. The van der Waals surface area contributed by atoms with Crippen LogP contribution in [0.3, 0.4) is 0 Å². The highest BCUT2D eigenvalue weighted by molar-refractivity contribution is 7.89. The van der Waals surface area contributed by atoms with Crippen molar-refractivity contribution in [3.8, 4) is 5.88 Å². The number of para-hydroxylation sites is 1. The molecule has 13 heteroatoms. The number of ketones is 1. The second kappa shape index (κ2) is 10.6. The molecule has 3 aromatic rings. The number of carbonyl (C=O) groups excluding carboxylic acids is 3. The Kier molecular flexibility index (Phi) is 7.19. The minimum absolute atomic E-state index is 0.0715. The maximum Gasteiger partial charge on any atom is 0.414 e. The van der Waals surface area contributed by atoms with E-state index in [1.54, 1.807) is 18.2 Å². The molecule has 0 saturated carbocycles. The van der Waals surface area contributed by atoms with Gasteiger partial charge in [-0.3, -0.25) is 9.59 Å². The standard InChI is InChI=1S/C26H27N5O7S/c1-2-6-20(28-26(34)38-23-11-10-17-7-3-4-9-19(17)27-23)25(33)30-14-12-21-24(30)22(32)16-31(21)39(36,37)18-8-5-13-29(35)15-18/h3-5,7-11,13,15,20-21,24H,2,6,12,14,16H2,1H3,(H,28,34). The van der Waals surface area contributed by atoms with Crippen LogP contribution in [-0.4, -0.2) is 71.6 Å². The molecule has 2 aliphatic heterocycles. The predicted octanol–water partition coefficient (Wildman–Crippen LogP) is 1.37. The van der Waals surface area contributed by atoms with E-state index in [9.17, 15) is 28.0 Å². The molecular weight excluding hydrogens is 526 g/mol. The van der Waals surface area contributed by atoms with Gasteiger partial charge in [-0.2, -0.15) is 9.04 Å². The molecular formula is C26H27N5O7S. The number of rotatable bonds is 7. The molecule has 3 unspecified atom stereocenters. The number of benzene rings is 1. The molecule has 39 heavy (non-hydrogen) atoms. The van der Waals surface area contributed by atoms with Gasteiger partial charge in [-0.1, -0.05) is 31.5 Å². The van der Waals surface area contributed by atoms with Crippen LogP contribution in [0.2, 0.25) is 0 Å². The minimum Gasteiger partial charge on any atom is -0.619 e. The Balaban J connectivity index is 1.30. The van der Waals surface area contributed by atoms with Gasteiger partial charge in [0, 0.05) is 24.1 Å². The van der Waals surface area contributed by atoms with Crippen molar-refractivity contribution in [3.05, 3.63) is 66.1 Å². The number of pyridine rings is 2. The fourth-order valence-corrected chi connectivity index (χ4v) is 6.81. The summed E-state index contributed by atoms with van der Waals surface area (Å²) in [6, 6.07) is 10.5. The summed E-state index contributed by atoms with van der Waals surface area (Å²) in [5.74, 6) is -0.835. The lowest BCUT2D eigenvalue weighted by molar-refractivity contribution is -0.607. The number of nitrogens with one attached hydrogen (secondary N) is 1. The molecule has 5 rings (SSSR count). The summed E-state index contributed by atoms with van der Waals surface area (Å²) in [6.45, 7) is 1.59. The number of carbonyl (C=O) groups is 3. The molecule has 2 aromatic heterocycles. The van der Waals surface area contributed by atoms with E-state index in [4.69, 9.17) is 4.74 Å². The Hall–Kier alpha value is -4.10. The van der Waals surface area contributed by atoms with Crippen LogP contribution in [0, 0.1) is 5.21 Å². The second-order valence-corrected chi connectivity index (χ2v) is 11.4. The predicted molar refractivity (Wildman–Crippen MR) is 138 cm³/mol. The van der Waals surface area contributed by atoms with Crippen LogP contribution in [0.4, 0.5) is 4.79 Å². The van der Waals surface area contributed by atoms with Crippen LogP contribution in [0.25, 0.3) is 10.9 Å². The van der Waals surface area contributed by atoms with E-state index in [1.165, 1.54) is 17.0 Å². The molecule has 3 atom stereocenters. The lowest BCUT2D eigenvalue weighted by Crippen LogP contribution is -2.53. The smallest absolute Gasteiger partial charge is 0.414 e. The molecule has 0 aliphatic carbocycles. The van der Waals surface area contributed by atoms with E-state index in [-0.39, 0.29) is 30.2 Å². The van der Waals surface area contributed by atoms with Gasteiger partial charge in [0.2, 0.25) is 21.8 Å². The number of aromatic nitrogens is 2. The average molecular weight is 554 g/mol. The quantitative estimate of drug-likeness (QED) is 0.340. The van der Waals surface area contributed by atoms with Crippen molar-refractivity contribution in [1.29, 1.82) is 0 Å². The van der Waals surface area contributed by atoms with Gasteiger partial charge in [-0.15, -0.1) is 0 Å². The van der Waals surface area contributed by atoms with Gasteiger partial charge >= 0.3 is 6.09 Å². The van der Waals surface area contributed by atoms with E-state index < -0.39 is 52.5 Å². The van der Waals surface area contributed by atoms with E-state index >= 15 is 0 Å². The van der Waals surface area contributed by atoms with E-state index in [0.29, 0.717) is 16.7 Å². The first-order valence-electron chi connectivity index (χ1n) is 12.6. The normalized spacial score (nSPS) is 20.1. The zero-order valence-electron chi connectivity index (χ0n) is 21.1. The van der Waals surface area contributed by atoms with Crippen molar-refractivity contribution in [1.82, 2.24) is 19.5 Å². The second-order valence-electron chi connectivity index (χ2n) is 9.47. The number of hydrogen-bond donors (Lipinski definition) is 1. The summed E-state index contributed by atoms with van der Waals surface area (Å²) in [4.78, 5) is 44.6. The van der Waals surface area contributed by atoms with Gasteiger partial charge in [-0.05, 0) is 31.0 Å². The lowest BCUT2D eigenvalue weighted by Gasteiger charge is -2.28. The van der Waals surface area contributed by atoms with Gasteiger partial charge in [0.15, 0.2) is 18.2 Å². The summed E-state index contributed by atoms with van der Waals surface area (Å²) in [7, 11) is -4.14. The first-order chi connectivity index (χ1) is 18.7. The molecule has 1 N–H and O–H groups in total. The monoisotopic (exact) mass is 553 g/mol. The van der Waals surface area contributed by atoms with Gasteiger partial charge in [0.1, 0.15) is 17.0 Å². The van der Waals surface area contributed by atoms with Crippen LogP contribution < -0.4 is 14.8 Å². The van der Waals surface area contributed by atoms with Crippen LogP contribution in [0.5, 0.6) is 5.88 Å². The summed E-state index contributed by atoms with van der Waals surface area (Å²) in [6.07, 6.45) is 2.33. The largest absolute Gasteiger partial charge is 0.619 e. The minimum atomic E-state index is -4.14. The number of likely N-dealkylation sites (tertiary alicyclic amines) is 1. The van der Waals surface area contributed by atoms with Crippen molar-refractivity contribution >= 4 is 38.7 Å². The van der Waals surface area contributed by atoms with Crippen LogP contribution in [0.15, 0.2) is 65.8 Å². The highest BCUT2D eigenvalue weighted by Gasteiger charge is 2.54. The third-order valence-electron chi connectivity index (χ3n) is 6.95. The van der Waals surface area contributed by atoms with Gasteiger partial charge in [0.05, 0.1) is 18.1 Å². The summed E-state index contributed by atoms with van der Waals surface area (Å²) in [5.41, 5.74) is 0.645. The summed E-state index contributed by atoms with van der Waals surface area (Å²) < 4.78 is 33.2. The molecule has 2 saturated heterocycles. The van der Waals surface area contributed by atoms with Crippen LogP contribution >= 0.6 is 0 Å². The van der Waals surface area contributed by atoms with Crippen molar-refractivity contribution in [2.45, 2.75) is 49.2 Å². The van der Waals surface area contributed by atoms with Crippen LogP contribution in [-0.2, 0) is 19.6 Å². The maximum atomic E-state index is 13.5. The van der Waals surface area contributed by atoms with E-state index in [1.807, 2.05) is 25.1 Å². The number of Topliss-reactive ketones (excluding diaryl/α,β-unsaturated/α-hetero) is 1. The Morgan fingerprint density at radius 1 is 1.21 bits per heavy atom. The highest BCUT2D eigenvalue weighted by Crippen LogP contribution is 2.34. The van der Waals surface area contributed by atoms with Gasteiger partial charge in [0.25, 0.3) is 0 Å². The molecule has 2 amide bonds. The Labute approximate surface area is 224 Å². The number of ether oxygens (including phenoxy) is 1. The van der Waals surface area contributed by atoms with E-state index in [2.05, 4.69) is 10.3 Å². The molecule has 204 valence electrons. The third kappa shape index (κ3) is 5.14. The topological polar surface area (TPSA) is 153 Å². The molecule has 2 aliphatic rings. The molecule has 1 aromatic carbocycles. The number of nitrogens with zero attached hydrogens (tertiary/aromatic N) is 4. The number of fused-ring (bicyclic) bond motifs is 2. The fraction of sp³-hybridized carbons (Fsp3) is 0.346. The Bertz CT molecular complexity index is 1550.